The molecular formula is C24H20F3N3O2. The summed E-state index contributed by atoms with van der Waals surface area (Å²) in [6, 6.07) is 15.4. The third-order valence-electron chi connectivity index (χ3n) is 5.19. The van der Waals surface area contributed by atoms with E-state index in [0.717, 1.165) is 12.1 Å². The van der Waals surface area contributed by atoms with Crippen molar-refractivity contribution in [1.29, 1.82) is 0 Å². The summed E-state index contributed by atoms with van der Waals surface area (Å²) in [6.45, 7) is 1.14. The third-order valence-corrected chi connectivity index (χ3v) is 5.19. The molecule has 1 saturated heterocycles. The Morgan fingerprint density at radius 3 is 2.44 bits per heavy atom. The minimum absolute atomic E-state index is 0.160. The second-order valence-corrected chi connectivity index (χ2v) is 7.47. The number of nitrogens with one attached hydrogen (secondary N) is 1. The Bertz CT molecular complexity index is 1150. The highest BCUT2D eigenvalue weighted by molar-refractivity contribution is 6.04. The number of nitrogens with zero attached hydrogens (tertiary/aromatic N) is 2. The molecule has 8 heteroatoms. The van der Waals surface area contributed by atoms with Crippen molar-refractivity contribution in [3.63, 3.8) is 0 Å². The number of hydrogen-bond acceptors (Lipinski definition) is 2. The van der Waals surface area contributed by atoms with Crippen molar-refractivity contribution in [3.8, 4) is 0 Å². The fraction of sp³-hybridized carbons (Fsp3) is 0.167. The summed E-state index contributed by atoms with van der Waals surface area (Å²) < 4.78 is 39.8. The molecule has 0 aromatic heterocycles. The molecule has 164 valence electrons. The first-order valence-electron chi connectivity index (χ1n) is 10.1. The summed E-state index contributed by atoms with van der Waals surface area (Å²) in [6.07, 6.45) is 0.696. The number of carbonyl (C=O) groups excluding carboxylic acids is 2. The number of urea groups is 1. The Labute approximate surface area is 183 Å². The highest BCUT2D eigenvalue weighted by Gasteiger charge is 2.27. The smallest absolute Gasteiger partial charge is 0.322 e. The monoisotopic (exact) mass is 439 g/mol. The molecule has 0 unspecified atom stereocenters. The lowest BCUT2D eigenvalue weighted by atomic mass is 10.1. The summed E-state index contributed by atoms with van der Waals surface area (Å²) in [4.78, 5) is 28.6. The second-order valence-electron chi connectivity index (χ2n) is 7.47. The average molecular weight is 439 g/mol. The van der Waals surface area contributed by atoms with E-state index in [1.807, 2.05) is 0 Å². The first kappa shape index (κ1) is 21.4. The Morgan fingerprint density at radius 2 is 1.69 bits per heavy atom. The first-order chi connectivity index (χ1) is 15.4. The van der Waals surface area contributed by atoms with Crippen LogP contribution in [0, 0.1) is 17.5 Å². The van der Waals surface area contributed by atoms with Gasteiger partial charge in [-0.1, -0.05) is 12.1 Å². The largest absolute Gasteiger partial charge is 0.324 e. The van der Waals surface area contributed by atoms with Gasteiger partial charge >= 0.3 is 6.03 Å². The molecule has 1 aliphatic heterocycles. The fourth-order valence-electron chi connectivity index (χ4n) is 3.58. The standard InChI is InChI=1S/C24H20F3N3O2/c25-18-8-6-17(7-9-18)23(31)28-19-3-1-4-20(14-19)30-12-2-11-29(24(30)32)15-16-5-10-21(26)22(27)13-16/h1,3-10,13-14H,2,11-12,15H2,(H,28,31). The van der Waals surface area contributed by atoms with E-state index in [4.69, 9.17) is 0 Å². The molecule has 0 atom stereocenters. The van der Waals surface area contributed by atoms with Crippen LogP contribution in [0.25, 0.3) is 0 Å². The lowest BCUT2D eigenvalue weighted by Gasteiger charge is -2.36. The lowest BCUT2D eigenvalue weighted by Crippen LogP contribution is -2.49. The Morgan fingerprint density at radius 1 is 0.906 bits per heavy atom. The summed E-state index contributed by atoms with van der Waals surface area (Å²) >= 11 is 0. The van der Waals surface area contributed by atoms with Gasteiger partial charge in [0, 0.05) is 36.6 Å². The maximum atomic E-state index is 13.5. The SMILES string of the molecule is O=C(Nc1cccc(N2CCCN(Cc3ccc(F)c(F)c3)C2=O)c1)c1ccc(F)cc1. The van der Waals surface area contributed by atoms with Gasteiger partial charge in [0.1, 0.15) is 5.82 Å². The molecule has 0 bridgehead atoms. The summed E-state index contributed by atoms with van der Waals surface area (Å²) in [5.41, 5.74) is 1.90. The summed E-state index contributed by atoms with van der Waals surface area (Å²) in [5, 5.41) is 2.74. The van der Waals surface area contributed by atoms with Gasteiger partial charge in [-0.15, -0.1) is 0 Å². The first-order valence-corrected chi connectivity index (χ1v) is 10.1. The average Bonchev–Trinajstić information content (AvgIpc) is 2.78. The van der Waals surface area contributed by atoms with Gasteiger partial charge < -0.3 is 10.2 Å². The van der Waals surface area contributed by atoms with Crippen LogP contribution in [0.2, 0.25) is 0 Å². The van der Waals surface area contributed by atoms with E-state index in [1.165, 1.54) is 30.3 Å². The number of anilines is 2. The van der Waals surface area contributed by atoms with E-state index in [2.05, 4.69) is 5.32 Å². The molecule has 0 spiro atoms. The Hall–Kier alpha value is -3.81. The number of benzene rings is 3. The molecule has 0 saturated carbocycles. The zero-order chi connectivity index (χ0) is 22.7. The van der Waals surface area contributed by atoms with Crippen LogP contribution in [-0.2, 0) is 6.54 Å². The number of hydrogen-bond donors (Lipinski definition) is 1. The minimum Gasteiger partial charge on any atom is -0.322 e. The van der Waals surface area contributed by atoms with Gasteiger partial charge in [-0.05, 0) is 66.6 Å². The molecule has 3 aromatic rings. The van der Waals surface area contributed by atoms with Gasteiger partial charge in [0.15, 0.2) is 11.6 Å². The van der Waals surface area contributed by atoms with Crippen molar-refractivity contribution >= 4 is 23.3 Å². The number of rotatable bonds is 5. The third kappa shape index (κ3) is 4.74. The van der Waals surface area contributed by atoms with E-state index in [-0.39, 0.29) is 12.6 Å². The van der Waals surface area contributed by atoms with Gasteiger partial charge in [-0.3, -0.25) is 9.69 Å². The van der Waals surface area contributed by atoms with Crippen molar-refractivity contribution in [3.05, 3.63) is 95.3 Å². The fourth-order valence-corrected chi connectivity index (χ4v) is 3.58. The second kappa shape index (κ2) is 9.13. The van der Waals surface area contributed by atoms with Gasteiger partial charge in [0.25, 0.3) is 5.91 Å². The molecule has 5 nitrogen and oxygen atoms in total. The van der Waals surface area contributed by atoms with Crippen LogP contribution in [0.15, 0.2) is 66.7 Å². The Kier molecular flexibility index (Phi) is 6.11. The highest BCUT2D eigenvalue weighted by Crippen LogP contribution is 2.25. The van der Waals surface area contributed by atoms with Gasteiger partial charge in [0.05, 0.1) is 0 Å². The van der Waals surface area contributed by atoms with Crippen LogP contribution >= 0.6 is 0 Å². The van der Waals surface area contributed by atoms with Crippen LogP contribution in [0.5, 0.6) is 0 Å². The predicted octanol–water partition coefficient (Wildman–Crippen LogP) is 5.19. The van der Waals surface area contributed by atoms with Crippen molar-refractivity contribution in [2.24, 2.45) is 0 Å². The summed E-state index contributed by atoms with van der Waals surface area (Å²) in [5.74, 6) is -2.71. The van der Waals surface area contributed by atoms with Crippen molar-refractivity contribution < 1.29 is 22.8 Å². The maximum Gasteiger partial charge on any atom is 0.324 e. The van der Waals surface area contributed by atoms with E-state index in [9.17, 15) is 22.8 Å². The molecule has 3 amide bonds. The van der Waals surface area contributed by atoms with Crippen LogP contribution in [0.4, 0.5) is 29.3 Å². The molecule has 1 aliphatic rings. The molecular weight excluding hydrogens is 419 g/mol. The van der Waals surface area contributed by atoms with Gasteiger partial charge in [0.2, 0.25) is 0 Å². The molecule has 1 heterocycles. The highest BCUT2D eigenvalue weighted by atomic mass is 19.2. The van der Waals surface area contributed by atoms with Gasteiger partial charge in [-0.2, -0.15) is 0 Å². The molecule has 3 aromatic carbocycles. The normalized spacial score (nSPS) is 13.9. The zero-order valence-corrected chi connectivity index (χ0v) is 17.0. The predicted molar refractivity (Wildman–Crippen MR) is 115 cm³/mol. The van der Waals surface area contributed by atoms with Crippen molar-refractivity contribution in [2.75, 3.05) is 23.3 Å². The minimum atomic E-state index is -0.951. The molecule has 1 N–H and O–H groups in total. The topological polar surface area (TPSA) is 52.7 Å². The van der Waals surface area contributed by atoms with Crippen LogP contribution in [0.1, 0.15) is 22.3 Å². The molecule has 4 rings (SSSR count). The lowest BCUT2D eigenvalue weighted by molar-refractivity contribution is 0.102. The molecule has 32 heavy (non-hydrogen) atoms. The molecule has 0 radical (unpaired) electrons. The van der Waals surface area contributed by atoms with Crippen molar-refractivity contribution in [1.82, 2.24) is 4.90 Å². The van der Waals surface area contributed by atoms with Crippen molar-refractivity contribution in [2.45, 2.75) is 13.0 Å². The summed E-state index contributed by atoms with van der Waals surface area (Å²) in [7, 11) is 0. The number of halogens is 3. The quantitative estimate of drug-likeness (QED) is 0.595. The van der Waals surface area contributed by atoms with Crippen LogP contribution in [0.3, 0.4) is 0 Å². The van der Waals surface area contributed by atoms with Crippen LogP contribution in [-0.4, -0.2) is 29.9 Å². The van der Waals surface area contributed by atoms with Crippen LogP contribution < -0.4 is 10.2 Å². The number of amides is 3. The van der Waals surface area contributed by atoms with E-state index in [1.54, 1.807) is 34.1 Å². The molecule has 1 fully saturated rings. The number of carbonyl (C=O) groups is 2. The zero-order valence-electron chi connectivity index (χ0n) is 17.0. The molecule has 0 aliphatic carbocycles. The van der Waals surface area contributed by atoms with Gasteiger partial charge in [-0.25, -0.2) is 18.0 Å². The van der Waals surface area contributed by atoms with E-state index >= 15 is 0 Å². The Balaban J connectivity index is 1.47. The maximum absolute atomic E-state index is 13.5. The van der Waals surface area contributed by atoms with E-state index in [0.29, 0.717) is 42.0 Å². The van der Waals surface area contributed by atoms with E-state index < -0.39 is 23.4 Å².